The zero-order chi connectivity index (χ0) is 11.2. The van der Waals surface area contributed by atoms with Crippen LogP contribution in [0.5, 0.6) is 0 Å². The molecule has 0 saturated heterocycles. The standard InChI is InChI=1S/C10H11F3O/c1-3-4-5-9(6-7-14)8(2)10(11,12)13/h3-5,7H,1,6H2,2H3/b5-4-,9-8-. The minimum absolute atomic E-state index is 0.0348. The lowest BCUT2D eigenvalue weighted by Crippen LogP contribution is -2.11. The van der Waals surface area contributed by atoms with Gasteiger partial charge in [0.1, 0.15) is 6.29 Å². The van der Waals surface area contributed by atoms with E-state index < -0.39 is 11.7 Å². The molecule has 0 bridgehead atoms. The molecular weight excluding hydrogens is 193 g/mol. The number of aldehydes is 1. The second-order valence-electron chi connectivity index (χ2n) is 2.61. The number of halogens is 3. The number of carbonyl (C=O) groups excluding carboxylic acids is 1. The minimum atomic E-state index is -4.39. The Balaban J connectivity index is 5.03. The summed E-state index contributed by atoms with van der Waals surface area (Å²) in [6.45, 7) is 4.29. The van der Waals surface area contributed by atoms with Gasteiger partial charge in [-0.05, 0) is 12.5 Å². The summed E-state index contributed by atoms with van der Waals surface area (Å²) >= 11 is 0. The van der Waals surface area contributed by atoms with E-state index >= 15 is 0 Å². The summed E-state index contributed by atoms with van der Waals surface area (Å²) in [5, 5.41) is 0. The van der Waals surface area contributed by atoms with Gasteiger partial charge in [-0.2, -0.15) is 13.2 Å². The molecule has 14 heavy (non-hydrogen) atoms. The maximum Gasteiger partial charge on any atom is 0.412 e. The number of hydrogen-bond acceptors (Lipinski definition) is 1. The predicted octanol–water partition coefficient (Wildman–Crippen LogP) is 3.20. The Morgan fingerprint density at radius 3 is 2.36 bits per heavy atom. The Bertz CT molecular complexity index is 272. The predicted molar refractivity (Wildman–Crippen MR) is 48.8 cm³/mol. The fourth-order valence-electron chi connectivity index (χ4n) is 0.802. The molecule has 0 aromatic rings. The lowest BCUT2D eigenvalue weighted by Gasteiger charge is -2.09. The highest BCUT2D eigenvalue weighted by Gasteiger charge is 2.31. The van der Waals surface area contributed by atoms with E-state index in [1.54, 1.807) is 0 Å². The molecule has 0 aromatic carbocycles. The summed E-state index contributed by atoms with van der Waals surface area (Å²) in [5.74, 6) is 0. The topological polar surface area (TPSA) is 17.1 Å². The first-order chi connectivity index (χ1) is 6.43. The Morgan fingerprint density at radius 2 is 2.00 bits per heavy atom. The van der Waals surface area contributed by atoms with Crippen molar-refractivity contribution in [3.8, 4) is 0 Å². The molecule has 0 saturated carbocycles. The van der Waals surface area contributed by atoms with Gasteiger partial charge in [0, 0.05) is 12.0 Å². The molecule has 0 N–H and O–H groups in total. The summed E-state index contributed by atoms with van der Waals surface area (Å²) in [6.07, 6.45) is -0.218. The van der Waals surface area contributed by atoms with Crippen LogP contribution < -0.4 is 0 Å². The van der Waals surface area contributed by atoms with Crippen LogP contribution in [0.3, 0.4) is 0 Å². The van der Waals surface area contributed by atoms with Gasteiger partial charge in [0.15, 0.2) is 0 Å². The van der Waals surface area contributed by atoms with Crippen LogP contribution in [-0.2, 0) is 4.79 Å². The van der Waals surface area contributed by atoms with Gasteiger partial charge in [-0.1, -0.05) is 24.8 Å². The van der Waals surface area contributed by atoms with E-state index in [1.165, 1.54) is 18.2 Å². The van der Waals surface area contributed by atoms with Crippen molar-refractivity contribution in [1.82, 2.24) is 0 Å². The summed E-state index contributed by atoms with van der Waals surface area (Å²) in [4.78, 5) is 10.1. The smallest absolute Gasteiger partial charge is 0.303 e. The van der Waals surface area contributed by atoms with Crippen molar-refractivity contribution < 1.29 is 18.0 Å². The first kappa shape index (κ1) is 12.7. The summed E-state index contributed by atoms with van der Waals surface area (Å²) in [6, 6.07) is 0. The third-order valence-corrected chi connectivity index (χ3v) is 1.64. The lowest BCUT2D eigenvalue weighted by atomic mass is 10.1. The molecule has 4 heteroatoms. The van der Waals surface area contributed by atoms with Crippen molar-refractivity contribution in [2.45, 2.75) is 19.5 Å². The Labute approximate surface area is 80.6 Å². The minimum Gasteiger partial charge on any atom is -0.303 e. The van der Waals surface area contributed by atoms with E-state index in [2.05, 4.69) is 6.58 Å². The van der Waals surface area contributed by atoms with E-state index in [9.17, 15) is 18.0 Å². The molecule has 0 aliphatic rings. The maximum atomic E-state index is 12.2. The van der Waals surface area contributed by atoms with Gasteiger partial charge >= 0.3 is 6.18 Å². The van der Waals surface area contributed by atoms with Crippen LogP contribution >= 0.6 is 0 Å². The molecule has 0 rings (SSSR count). The average Bonchev–Trinajstić information content (AvgIpc) is 2.09. The quantitative estimate of drug-likeness (QED) is 0.507. The van der Waals surface area contributed by atoms with E-state index in [0.717, 1.165) is 6.92 Å². The van der Waals surface area contributed by atoms with Gasteiger partial charge in [-0.3, -0.25) is 0 Å². The lowest BCUT2D eigenvalue weighted by molar-refractivity contribution is -0.107. The number of alkyl halides is 3. The summed E-state index contributed by atoms with van der Waals surface area (Å²) in [5.41, 5.74) is -0.782. The van der Waals surface area contributed by atoms with Gasteiger partial charge in [0.2, 0.25) is 0 Å². The van der Waals surface area contributed by atoms with E-state index in [-0.39, 0.29) is 12.0 Å². The van der Waals surface area contributed by atoms with Crippen LogP contribution in [0.1, 0.15) is 13.3 Å². The van der Waals surface area contributed by atoms with Crippen LogP contribution in [-0.4, -0.2) is 12.5 Å². The zero-order valence-corrected chi connectivity index (χ0v) is 7.77. The molecule has 0 radical (unpaired) electrons. The fourth-order valence-corrected chi connectivity index (χ4v) is 0.802. The number of rotatable bonds is 4. The van der Waals surface area contributed by atoms with Gasteiger partial charge in [0.05, 0.1) is 0 Å². The van der Waals surface area contributed by atoms with Gasteiger partial charge in [0.25, 0.3) is 0 Å². The van der Waals surface area contributed by atoms with Crippen LogP contribution in [0.2, 0.25) is 0 Å². The Morgan fingerprint density at radius 1 is 1.43 bits per heavy atom. The van der Waals surface area contributed by atoms with Crippen molar-refractivity contribution >= 4 is 6.29 Å². The number of carbonyl (C=O) groups is 1. The average molecular weight is 204 g/mol. The van der Waals surface area contributed by atoms with E-state index in [0.29, 0.717) is 6.29 Å². The van der Waals surface area contributed by atoms with Crippen molar-refractivity contribution in [2.24, 2.45) is 0 Å². The monoisotopic (exact) mass is 204 g/mol. The van der Waals surface area contributed by atoms with Crippen molar-refractivity contribution in [3.63, 3.8) is 0 Å². The highest BCUT2D eigenvalue weighted by molar-refractivity contribution is 5.57. The summed E-state index contributed by atoms with van der Waals surface area (Å²) < 4.78 is 36.6. The molecule has 0 spiro atoms. The molecule has 0 heterocycles. The Hall–Kier alpha value is -1.32. The number of allylic oxidation sites excluding steroid dienone is 5. The molecular formula is C10H11F3O. The molecule has 1 nitrogen and oxygen atoms in total. The molecule has 78 valence electrons. The van der Waals surface area contributed by atoms with Crippen LogP contribution in [0, 0.1) is 0 Å². The highest BCUT2D eigenvalue weighted by atomic mass is 19.4. The van der Waals surface area contributed by atoms with Crippen LogP contribution in [0.4, 0.5) is 13.2 Å². The third-order valence-electron chi connectivity index (χ3n) is 1.64. The van der Waals surface area contributed by atoms with Gasteiger partial charge < -0.3 is 4.79 Å². The first-order valence-corrected chi connectivity index (χ1v) is 3.93. The summed E-state index contributed by atoms with van der Waals surface area (Å²) in [7, 11) is 0. The van der Waals surface area contributed by atoms with Gasteiger partial charge in [-0.25, -0.2) is 0 Å². The normalized spacial score (nSPS) is 14.0. The van der Waals surface area contributed by atoms with Crippen molar-refractivity contribution in [3.05, 3.63) is 36.0 Å². The fraction of sp³-hybridized carbons (Fsp3) is 0.300. The van der Waals surface area contributed by atoms with Crippen molar-refractivity contribution in [1.29, 1.82) is 0 Å². The SMILES string of the molecule is C=C/C=C\C(CC=O)=C(/C)C(F)(F)F. The molecule has 0 aromatic heterocycles. The molecule has 0 amide bonds. The third kappa shape index (κ3) is 4.07. The van der Waals surface area contributed by atoms with Crippen LogP contribution in [0.25, 0.3) is 0 Å². The van der Waals surface area contributed by atoms with Crippen LogP contribution in [0.15, 0.2) is 36.0 Å². The zero-order valence-electron chi connectivity index (χ0n) is 7.77. The van der Waals surface area contributed by atoms with Crippen molar-refractivity contribution in [2.75, 3.05) is 0 Å². The maximum absolute atomic E-state index is 12.2. The molecule has 0 unspecified atom stereocenters. The van der Waals surface area contributed by atoms with E-state index in [1.807, 2.05) is 0 Å². The molecule has 0 atom stereocenters. The van der Waals surface area contributed by atoms with E-state index in [4.69, 9.17) is 0 Å². The largest absolute Gasteiger partial charge is 0.412 e. The van der Waals surface area contributed by atoms with Gasteiger partial charge in [-0.15, -0.1) is 0 Å². The molecule has 0 fully saturated rings. The molecule has 0 aliphatic carbocycles. The Kier molecular flexibility index (Phi) is 4.91. The highest BCUT2D eigenvalue weighted by Crippen LogP contribution is 2.29. The number of hydrogen-bond donors (Lipinski definition) is 0. The molecule has 0 aliphatic heterocycles. The second-order valence-corrected chi connectivity index (χ2v) is 2.61. The first-order valence-electron chi connectivity index (χ1n) is 3.93. The second kappa shape index (κ2) is 5.42.